The Labute approximate surface area is 146 Å². The van der Waals surface area contributed by atoms with Crippen LogP contribution in [0.4, 0.5) is 5.69 Å². The predicted octanol–water partition coefficient (Wildman–Crippen LogP) is 3.55. The fourth-order valence-corrected chi connectivity index (χ4v) is 2.73. The van der Waals surface area contributed by atoms with Gasteiger partial charge in [0.15, 0.2) is 6.61 Å². The Balaban J connectivity index is 1.60. The topological polar surface area (TPSA) is 81.5 Å². The standard InChI is InChI=1S/C19H20N2O4/c1-13-5-7-14(8-6-13)19(15-9-10-15)20-18(22)12-25-17-4-2-3-16(11-17)21(23)24/h2-8,11,15,19H,9-10,12H2,1H3,(H,20,22). The van der Waals surface area contributed by atoms with Crippen molar-refractivity contribution in [1.82, 2.24) is 5.32 Å². The van der Waals surface area contributed by atoms with Crippen molar-refractivity contribution >= 4 is 11.6 Å². The summed E-state index contributed by atoms with van der Waals surface area (Å²) in [7, 11) is 0. The van der Waals surface area contributed by atoms with Crippen LogP contribution in [0.15, 0.2) is 48.5 Å². The Morgan fingerprint density at radius 1 is 1.28 bits per heavy atom. The van der Waals surface area contributed by atoms with E-state index in [-0.39, 0.29) is 24.2 Å². The highest BCUT2D eigenvalue weighted by molar-refractivity contribution is 5.78. The lowest BCUT2D eigenvalue weighted by molar-refractivity contribution is -0.384. The van der Waals surface area contributed by atoms with Crippen molar-refractivity contribution < 1.29 is 14.5 Å². The monoisotopic (exact) mass is 340 g/mol. The van der Waals surface area contributed by atoms with Crippen LogP contribution in [0, 0.1) is 23.0 Å². The number of nitrogens with one attached hydrogen (secondary N) is 1. The SMILES string of the molecule is Cc1ccc(C(NC(=O)COc2cccc([N+](=O)[O-])c2)C2CC2)cc1. The number of nitro groups is 1. The van der Waals surface area contributed by atoms with Gasteiger partial charge in [-0.3, -0.25) is 14.9 Å². The summed E-state index contributed by atoms with van der Waals surface area (Å²) in [4.78, 5) is 22.5. The highest BCUT2D eigenvalue weighted by Gasteiger charge is 2.33. The second-order valence-electron chi connectivity index (χ2n) is 6.34. The smallest absolute Gasteiger partial charge is 0.273 e. The van der Waals surface area contributed by atoms with E-state index in [9.17, 15) is 14.9 Å². The van der Waals surface area contributed by atoms with Crippen LogP contribution in [0.2, 0.25) is 0 Å². The Morgan fingerprint density at radius 2 is 2.00 bits per heavy atom. The molecule has 1 fully saturated rings. The molecule has 1 amide bonds. The van der Waals surface area contributed by atoms with Crippen LogP contribution in [-0.2, 0) is 4.79 Å². The largest absolute Gasteiger partial charge is 0.484 e. The molecule has 6 heteroatoms. The molecule has 1 saturated carbocycles. The van der Waals surface area contributed by atoms with Gasteiger partial charge in [-0.25, -0.2) is 0 Å². The van der Waals surface area contributed by atoms with Gasteiger partial charge in [0.05, 0.1) is 17.0 Å². The second kappa shape index (κ2) is 7.34. The third kappa shape index (κ3) is 4.56. The number of nitro benzene ring substituents is 1. The second-order valence-corrected chi connectivity index (χ2v) is 6.34. The van der Waals surface area contributed by atoms with Crippen LogP contribution < -0.4 is 10.1 Å². The Bertz CT molecular complexity index is 769. The van der Waals surface area contributed by atoms with Gasteiger partial charge in [0.2, 0.25) is 0 Å². The van der Waals surface area contributed by atoms with Crippen molar-refractivity contribution in [3.8, 4) is 5.75 Å². The highest BCUT2D eigenvalue weighted by atomic mass is 16.6. The lowest BCUT2D eigenvalue weighted by atomic mass is 10.0. The number of nitrogens with zero attached hydrogens (tertiary/aromatic N) is 1. The minimum absolute atomic E-state index is 0.0122. The van der Waals surface area contributed by atoms with Crippen molar-refractivity contribution in [3.63, 3.8) is 0 Å². The van der Waals surface area contributed by atoms with E-state index < -0.39 is 4.92 Å². The molecular weight excluding hydrogens is 320 g/mol. The average Bonchev–Trinajstić information content (AvgIpc) is 3.44. The van der Waals surface area contributed by atoms with Gasteiger partial charge >= 0.3 is 0 Å². The Morgan fingerprint density at radius 3 is 2.64 bits per heavy atom. The third-order valence-electron chi connectivity index (χ3n) is 4.24. The van der Waals surface area contributed by atoms with E-state index in [0.29, 0.717) is 11.7 Å². The summed E-state index contributed by atoms with van der Waals surface area (Å²) in [6.07, 6.45) is 2.20. The zero-order valence-electron chi connectivity index (χ0n) is 14.0. The van der Waals surface area contributed by atoms with Crippen molar-refractivity contribution in [1.29, 1.82) is 0 Å². The van der Waals surface area contributed by atoms with Gasteiger partial charge in [0, 0.05) is 6.07 Å². The third-order valence-corrected chi connectivity index (χ3v) is 4.24. The molecule has 1 unspecified atom stereocenters. The van der Waals surface area contributed by atoms with E-state index in [1.165, 1.54) is 23.8 Å². The number of carbonyl (C=O) groups is 1. The molecule has 1 aliphatic rings. The van der Waals surface area contributed by atoms with Crippen molar-refractivity contribution in [2.24, 2.45) is 5.92 Å². The molecule has 6 nitrogen and oxygen atoms in total. The van der Waals surface area contributed by atoms with Crippen LogP contribution in [0.1, 0.15) is 30.0 Å². The van der Waals surface area contributed by atoms with Crippen LogP contribution in [0.5, 0.6) is 5.75 Å². The maximum atomic E-state index is 12.2. The summed E-state index contributed by atoms with van der Waals surface area (Å²) in [5.74, 6) is 0.538. The van der Waals surface area contributed by atoms with Gasteiger partial charge in [-0.05, 0) is 37.3 Å². The van der Waals surface area contributed by atoms with Crippen LogP contribution in [-0.4, -0.2) is 17.4 Å². The van der Waals surface area contributed by atoms with Gasteiger partial charge in [0.1, 0.15) is 5.75 Å². The normalized spacial score (nSPS) is 14.6. The van der Waals surface area contributed by atoms with Crippen molar-refractivity contribution in [2.75, 3.05) is 6.61 Å². The van der Waals surface area contributed by atoms with E-state index in [4.69, 9.17) is 4.74 Å². The molecule has 0 radical (unpaired) electrons. The lowest BCUT2D eigenvalue weighted by Gasteiger charge is -2.19. The molecule has 0 aliphatic heterocycles. The summed E-state index contributed by atoms with van der Waals surface area (Å²) >= 11 is 0. The number of non-ortho nitro benzene ring substituents is 1. The molecule has 0 spiro atoms. The number of hydrogen-bond acceptors (Lipinski definition) is 4. The molecule has 2 aromatic rings. The van der Waals surface area contributed by atoms with Gasteiger partial charge < -0.3 is 10.1 Å². The van der Waals surface area contributed by atoms with E-state index in [0.717, 1.165) is 18.4 Å². The number of carbonyl (C=O) groups excluding carboxylic acids is 1. The molecule has 3 rings (SSSR count). The molecule has 1 N–H and O–H groups in total. The molecule has 1 aliphatic carbocycles. The van der Waals surface area contributed by atoms with E-state index in [2.05, 4.69) is 5.32 Å². The molecule has 130 valence electrons. The van der Waals surface area contributed by atoms with E-state index in [1.54, 1.807) is 6.07 Å². The van der Waals surface area contributed by atoms with Crippen molar-refractivity contribution in [3.05, 3.63) is 69.8 Å². The summed E-state index contributed by atoms with van der Waals surface area (Å²) in [5, 5.41) is 13.8. The molecule has 25 heavy (non-hydrogen) atoms. The maximum absolute atomic E-state index is 12.2. The van der Waals surface area contributed by atoms with Crippen molar-refractivity contribution in [2.45, 2.75) is 25.8 Å². The molecule has 2 aromatic carbocycles. The van der Waals surface area contributed by atoms with E-state index >= 15 is 0 Å². The molecule has 0 aromatic heterocycles. The summed E-state index contributed by atoms with van der Waals surface area (Å²) in [5.41, 5.74) is 2.21. The van der Waals surface area contributed by atoms with Gasteiger partial charge in [-0.15, -0.1) is 0 Å². The molecule has 0 saturated heterocycles. The number of amides is 1. The Kier molecular flexibility index (Phi) is 4.97. The molecule has 0 heterocycles. The number of hydrogen-bond donors (Lipinski definition) is 1. The number of aryl methyl sites for hydroxylation is 1. The summed E-state index contributed by atoms with van der Waals surface area (Å²) < 4.78 is 5.40. The number of rotatable bonds is 7. The quantitative estimate of drug-likeness (QED) is 0.617. The highest BCUT2D eigenvalue weighted by Crippen LogP contribution is 2.41. The minimum Gasteiger partial charge on any atom is -0.484 e. The zero-order valence-corrected chi connectivity index (χ0v) is 14.0. The summed E-state index contributed by atoms with van der Waals surface area (Å²) in [6, 6.07) is 14.0. The predicted molar refractivity (Wildman–Crippen MR) is 93.4 cm³/mol. The number of benzene rings is 2. The fraction of sp³-hybridized carbons (Fsp3) is 0.316. The fourth-order valence-electron chi connectivity index (χ4n) is 2.73. The average molecular weight is 340 g/mol. The molecule has 1 atom stereocenters. The van der Waals surface area contributed by atoms with Crippen LogP contribution in [0.3, 0.4) is 0 Å². The Hall–Kier alpha value is -2.89. The number of ether oxygens (including phenoxy) is 1. The van der Waals surface area contributed by atoms with Gasteiger partial charge in [0.25, 0.3) is 11.6 Å². The van der Waals surface area contributed by atoms with Crippen LogP contribution >= 0.6 is 0 Å². The molecular formula is C19H20N2O4. The first-order valence-corrected chi connectivity index (χ1v) is 8.26. The first kappa shape index (κ1) is 17.0. The molecule has 0 bridgehead atoms. The first-order chi connectivity index (χ1) is 12.0. The lowest BCUT2D eigenvalue weighted by Crippen LogP contribution is -2.33. The summed E-state index contributed by atoms with van der Waals surface area (Å²) in [6.45, 7) is 1.86. The van der Waals surface area contributed by atoms with Crippen LogP contribution in [0.25, 0.3) is 0 Å². The maximum Gasteiger partial charge on any atom is 0.273 e. The zero-order chi connectivity index (χ0) is 17.8. The first-order valence-electron chi connectivity index (χ1n) is 8.26. The minimum atomic E-state index is -0.493. The van der Waals surface area contributed by atoms with Gasteiger partial charge in [-0.1, -0.05) is 35.9 Å². The van der Waals surface area contributed by atoms with E-state index in [1.807, 2.05) is 31.2 Å². The van der Waals surface area contributed by atoms with Gasteiger partial charge in [-0.2, -0.15) is 0 Å².